The number of hydrogen-bond donors (Lipinski definition) is 1. The molecule has 0 spiro atoms. The zero-order chi connectivity index (χ0) is 21.6. The van der Waals surface area contributed by atoms with E-state index in [0.717, 1.165) is 16.7 Å². The smallest absolute Gasteiger partial charge is 0.258 e. The largest absolute Gasteiger partial charge is 0.484 e. The van der Waals surface area contributed by atoms with Crippen LogP contribution in [-0.2, 0) is 36.0 Å². The Labute approximate surface area is 179 Å². The van der Waals surface area contributed by atoms with Gasteiger partial charge in [0.05, 0.1) is 0 Å². The van der Waals surface area contributed by atoms with Crippen LogP contribution in [0.4, 0.5) is 5.69 Å². The maximum atomic E-state index is 12.1. The fourth-order valence-corrected chi connectivity index (χ4v) is 3.54. The molecule has 6 nitrogen and oxygen atoms in total. The molecule has 0 bridgehead atoms. The van der Waals surface area contributed by atoms with Crippen LogP contribution in [0.15, 0.2) is 40.8 Å². The quantitative estimate of drug-likeness (QED) is 0.619. The van der Waals surface area contributed by atoms with Crippen LogP contribution in [0.2, 0.25) is 5.02 Å². The molecule has 158 valence electrons. The van der Waals surface area contributed by atoms with Crippen molar-refractivity contribution in [1.82, 2.24) is 5.32 Å². The Morgan fingerprint density at radius 3 is 2.52 bits per heavy atom. The van der Waals surface area contributed by atoms with Gasteiger partial charge < -0.3 is 22.8 Å². The zero-order valence-electron chi connectivity index (χ0n) is 17.2. The van der Waals surface area contributed by atoms with Gasteiger partial charge in [0, 0.05) is 24.4 Å². The van der Waals surface area contributed by atoms with Crippen LogP contribution < -0.4 is 10.1 Å². The van der Waals surface area contributed by atoms with Crippen LogP contribution in [0, 0.1) is 6.92 Å². The van der Waals surface area contributed by atoms with Crippen LogP contribution in [0.5, 0.6) is 5.75 Å². The summed E-state index contributed by atoms with van der Waals surface area (Å²) in [5.74, 6) is 0.305. The first-order chi connectivity index (χ1) is 13.6. The SMILES string of the molecule is CO[S-](=O)=Nc1ccc(CNC(=O)COc2ccc(C(C)(C)C)c(Cl)c2)cc1C. The Morgan fingerprint density at radius 1 is 1.21 bits per heavy atom. The maximum absolute atomic E-state index is 12.1. The van der Waals surface area contributed by atoms with E-state index in [-0.39, 0.29) is 17.9 Å². The number of carbonyl (C=O) groups excluding carboxylic acids is 1. The average molecular weight is 438 g/mol. The second kappa shape index (κ2) is 10.1. The Bertz CT molecular complexity index is 964. The Kier molecular flexibility index (Phi) is 8.07. The number of aryl methyl sites for hydroxylation is 1. The van der Waals surface area contributed by atoms with E-state index >= 15 is 0 Å². The molecule has 2 rings (SSSR count). The van der Waals surface area contributed by atoms with Gasteiger partial charge in [-0.3, -0.25) is 4.79 Å². The van der Waals surface area contributed by atoms with Crippen molar-refractivity contribution >= 4 is 34.1 Å². The van der Waals surface area contributed by atoms with Crippen molar-refractivity contribution < 1.29 is 17.9 Å². The number of hydrogen-bond acceptors (Lipinski definition) is 6. The number of halogens is 1. The molecule has 0 aromatic heterocycles. The van der Waals surface area contributed by atoms with Crippen molar-refractivity contribution in [2.45, 2.75) is 39.7 Å². The summed E-state index contributed by atoms with van der Waals surface area (Å²) in [6, 6.07) is 10.9. The van der Waals surface area contributed by atoms with E-state index in [0.29, 0.717) is 23.0 Å². The van der Waals surface area contributed by atoms with Gasteiger partial charge in [0.15, 0.2) is 6.61 Å². The molecule has 0 aliphatic heterocycles. The Balaban J connectivity index is 1.90. The Morgan fingerprint density at radius 2 is 1.93 bits per heavy atom. The number of carbonyl (C=O) groups is 1. The van der Waals surface area contributed by atoms with Crippen LogP contribution >= 0.6 is 11.6 Å². The van der Waals surface area contributed by atoms with Crippen LogP contribution in [-0.4, -0.2) is 19.6 Å². The molecular formula is C21H26ClN2O4S-. The van der Waals surface area contributed by atoms with E-state index in [1.807, 2.05) is 31.2 Å². The monoisotopic (exact) mass is 437 g/mol. The molecule has 1 N–H and O–H groups in total. The lowest BCUT2D eigenvalue weighted by Crippen LogP contribution is -2.28. The predicted octanol–water partition coefficient (Wildman–Crippen LogP) is 4.98. The second-order valence-corrected chi connectivity index (χ2v) is 8.91. The zero-order valence-corrected chi connectivity index (χ0v) is 18.8. The summed E-state index contributed by atoms with van der Waals surface area (Å²) < 4.78 is 25.5. The molecule has 8 heteroatoms. The van der Waals surface area contributed by atoms with Crippen LogP contribution in [0.25, 0.3) is 0 Å². The summed E-state index contributed by atoms with van der Waals surface area (Å²) in [6.45, 7) is 8.35. The van der Waals surface area contributed by atoms with Crippen LogP contribution in [0.3, 0.4) is 0 Å². The van der Waals surface area contributed by atoms with Crippen molar-refractivity contribution in [3.8, 4) is 5.75 Å². The molecule has 29 heavy (non-hydrogen) atoms. The highest BCUT2D eigenvalue weighted by Gasteiger charge is 2.17. The van der Waals surface area contributed by atoms with Crippen molar-refractivity contribution in [1.29, 1.82) is 0 Å². The maximum Gasteiger partial charge on any atom is 0.258 e. The number of ether oxygens (including phenoxy) is 1. The molecule has 0 saturated carbocycles. The van der Waals surface area contributed by atoms with E-state index in [2.05, 4.69) is 34.6 Å². The van der Waals surface area contributed by atoms with Crippen molar-refractivity contribution in [3.05, 3.63) is 58.1 Å². The average Bonchev–Trinajstić information content (AvgIpc) is 2.65. The van der Waals surface area contributed by atoms with Gasteiger partial charge in [-0.1, -0.05) is 61.4 Å². The standard InChI is InChI=1S/C21H26ClN2O4S/c1-14-10-15(6-9-19(14)24-29(26)27-5)12-23-20(25)13-28-16-7-8-17(18(22)11-16)21(2,3)4/h6-11H,12-13H2,1-5H3,(H,23,25)/q-1. The molecule has 2 aromatic rings. The second-order valence-electron chi connectivity index (χ2n) is 7.55. The molecule has 0 saturated heterocycles. The first kappa shape index (κ1) is 23.2. The molecule has 1 amide bonds. The summed E-state index contributed by atoms with van der Waals surface area (Å²) >= 11 is 6.32. The predicted molar refractivity (Wildman–Crippen MR) is 116 cm³/mol. The highest BCUT2D eigenvalue weighted by Crippen LogP contribution is 2.32. The van der Waals surface area contributed by atoms with E-state index in [1.54, 1.807) is 12.1 Å². The number of amides is 1. The minimum absolute atomic E-state index is 0.0629. The number of rotatable bonds is 7. The van der Waals surface area contributed by atoms with Crippen LogP contribution in [0.1, 0.15) is 37.5 Å². The summed E-state index contributed by atoms with van der Waals surface area (Å²) in [6.07, 6.45) is 0. The van der Waals surface area contributed by atoms with Gasteiger partial charge >= 0.3 is 0 Å². The summed E-state index contributed by atoms with van der Waals surface area (Å²) in [4.78, 5) is 12.1. The van der Waals surface area contributed by atoms with Gasteiger partial charge in [-0.2, -0.15) is 0 Å². The molecule has 0 fully saturated rings. The number of benzene rings is 2. The molecule has 0 unspecified atom stereocenters. The first-order valence-corrected chi connectivity index (χ1v) is 10.5. The fraction of sp³-hybridized carbons (Fsp3) is 0.381. The van der Waals surface area contributed by atoms with E-state index in [4.69, 9.17) is 16.3 Å². The van der Waals surface area contributed by atoms with Crippen molar-refractivity contribution in [2.75, 3.05) is 13.7 Å². The summed E-state index contributed by atoms with van der Waals surface area (Å²) in [7, 11) is -0.379. The normalized spacial score (nSPS) is 12.6. The highest BCUT2D eigenvalue weighted by molar-refractivity contribution is 7.69. The molecule has 2 aromatic carbocycles. The molecule has 0 radical (unpaired) electrons. The molecule has 0 heterocycles. The van der Waals surface area contributed by atoms with Gasteiger partial charge in [-0.05, 0) is 47.2 Å². The minimum Gasteiger partial charge on any atom is -0.484 e. The minimum atomic E-state index is -1.71. The summed E-state index contributed by atoms with van der Waals surface area (Å²) in [5.41, 5.74) is 3.28. The van der Waals surface area contributed by atoms with Crippen molar-refractivity contribution in [2.24, 2.45) is 4.36 Å². The lowest BCUT2D eigenvalue weighted by molar-refractivity contribution is -0.123. The highest BCUT2D eigenvalue weighted by atomic mass is 35.5. The van der Waals surface area contributed by atoms with Gasteiger partial charge in [-0.15, -0.1) is 0 Å². The first-order valence-electron chi connectivity index (χ1n) is 9.07. The Hall–Kier alpha value is -2.09. The van der Waals surface area contributed by atoms with Crippen molar-refractivity contribution in [3.63, 3.8) is 0 Å². The molecular weight excluding hydrogens is 412 g/mol. The fourth-order valence-electron chi connectivity index (χ4n) is 2.64. The third-order valence-corrected chi connectivity index (χ3v) is 5.13. The van der Waals surface area contributed by atoms with Gasteiger partial charge in [0.25, 0.3) is 5.91 Å². The van der Waals surface area contributed by atoms with E-state index in [1.165, 1.54) is 7.11 Å². The molecule has 0 aliphatic carbocycles. The number of nitrogens with one attached hydrogen (secondary N) is 1. The number of nitrogens with zero attached hydrogens (tertiary/aromatic N) is 1. The summed E-state index contributed by atoms with van der Waals surface area (Å²) in [5, 5.41) is 3.42. The lowest BCUT2D eigenvalue weighted by atomic mass is 9.87. The molecule has 0 aliphatic rings. The molecule has 0 atom stereocenters. The van der Waals surface area contributed by atoms with Gasteiger partial charge in [-0.25, -0.2) is 0 Å². The topological polar surface area (TPSA) is 77.0 Å². The van der Waals surface area contributed by atoms with Gasteiger partial charge in [0.2, 0.25) is 0 Å². The third kappa shape index (κ3) is 7.03. The third-order valence-electron chi connectivity index (χ3n) is 4.18. The van der Waals surface area contributed by atoms with E-state index < -0.39 is 10.9 Å². The van der Waals surface area contributed by atoms with Gasteiger partial charge in [0.1, 0.15) is 5.75 Å². The lowest BCUT2D eigenvalue weighted by Gasteiger charge is -2.21. The van der Waals surface area contributed by atoms with E-state index in [9.17, 15) is 9.00 Å².